The predicted molar refractivity (Wildman–Crippen MR) is 74.9 cm³/mol. The molecule has 3 N–H and O–H groups in total. The van der Waals surface area contributed by atoms with Crippen molar-refractivity contribution >= 4 is 43.8 Å². The van der Waals surface area contributed by atoms with Gasteiger partial charge in [0, 0.05) is 13.0 Å². The summed E-state index contributed by atoms with van der Waals surface area (Å²) in [6.07, 6.45) is -0.780. The van der Waals surface area contributed by atoms with Crippen LogP contribution >= 0.6 is 31.9 Å². The summed E-state index contributed by atoms with van der Waals surface area (Å²) in [4.78, 5) is 26.0. The van der Waals surface area contributed by atoms with E-state index in [9.17, 15) is 14.7 Å². The fourth-order valence-corrected chi connectivity index (χ4v) is 4.32. The minimum absolute atomic E-state index is 0.201. The van der Waals surface area contributed by atoms with Gasteiger partial charge in [0.1, 0.15) is 10.3 Å². The van der Waals surface area contributed by atoms with E-state index < -0.39 is 17.9 Å². The first-order chi connectivity index (χ1) is 9.44. The summed E-state index contributed by atoms with van der Waals surface area (Å²) in [5.41, 5.74) is -0.427. The smallest absolute Gasteiger partial charge is 0.318 e. The van der Waals surface area contributed by atoms with Gasteiger partial charge in [0.2, 0.25) is 0 Å². The first-order valence-electron chi connectivity index (χ1n) is 6.09. The number of aliphatic hydroxyl groups excluding tert-OH is 1. The Morgan fingerprint density at radius 1 is 1.40 bits per heavy atom. The third-order valence-corrected chi connectivity index (χ3v) is 6.07. The number of rotatable bonds is 0. The molecule has 4 rings (SSSR count). The zero-order valence-electron chi connectivity index (χ0n) is 10.1. The highest BCUT2D eigenvalue weighted by Crippen LogP contribution is 2.46. The summed E-state index contributed by atoms with van der Waals surface area (Å²) in [6.45, 7) is 0.220. The standard InChI is InChI=1S/C11H10Br2N4O3/c12-5-1-6-8(19)16-3-4(18)2-11(16)9(14-10(20)15-11)17(6)7(5)13/h1,4,9,18H,2-3H2,(H2,14,15,20)/t4-,9-,11+/m0/s1. The largest absolute Gasteiger partial charge is 0.391 e. The maximum atomic E-state index is 12.6. The van der Waals surface area contributed by atoms with Crippen LogP contribution in [0.25, 0.3) is 0 Å². The van der Waals surface area contributed by atoms with Crippen LogP contribution in [-0.2, 0) is 0 Å². The number of halogens is 2. The summed E-state index contributed by atoms with van der Waals surface area (Å²) < 4.78 is 3.19. The number of amides is 3. The van der Waals surface area contributed by atoms with Crippen molar-refractivity contribution in [2.75, 3.05) is 6.54 Å². The summed E-state index contributed by atoms with van der Waals surface area (Å²) in [5, 5.41) is 15.6. The van der Waals surface area contributed by atoms with Gasteiger partial charge in [0.15, 0.2) is 11.8 Å². The molecule has 0 saturated carbocycles. The highest BCUT2D eigenvalue weighted by Gasteiger charge is 2.62. The number of urea groups is 1. The van der Waals surface area contributed by atoms with Crippen LogP contribution in [0.5, 0.6) is 0 Å². The Kier molecular flexibility index (Phi) is 2.39. The van der Waals surface area contributed by atoms with Gasteiger partial charge >= 0.3 is 6.03 Å². The van der Waals surface area contributed by atoms with Crippen LogP contribution in [0, 0.1) is 0 Å². The third kappa shape index (κ3) is 1.33. The molecule has 0 unspecified atom stereocenters. The third-order valence-electron chi connectivity index (χ3n) is 4.13. The molecule has 3 aliphatic heterocycles. The molecule has 0 radical (unpaired) electrons. The molecule has 3 amide bonds. The molecule has 1 aromatic heterocycles. The molecule has 3 atom stereocenters. The summed E-state index contributed by atoms with van der Waals surface area (Å²) in [6, 6.07) is 1.37. The van der Waals surface area contributed by atoms with Gasteiger partial charge in [-0.3, -0.25) is 4.79 Å². The molecule has 20 heavy (non-hydrogen) atoms. The first kappa shape index (κ1) is 12.7. The van der Waals surface area contributed by atoms with Crippen molar-refractivity contribution in [3.05, 3.63) is 20.8 Å². The minimum atomic E-state index is -0.901. The number of carbonyl (C=O) groups is 2. The maximum Gasteiger partial charge on any atom is 0.318 e. The number of hydrogen-bond acceptors (Lipinski definition) is 3. The fourth-order valence-electron chi connectivity index (χ4n) is 3.40. The van der Waals surface area contributed by atoms with Crippen molar-refractivity contribution in [2.45, 2.75) is 24.4 Å². The molecule has 0 bridgehead atoms. The Balaban J connectivity index is 1.98. The van der Waals surface area contributed by atoms with Crippen LogP contribution in [0.2, 0.25) is 0 Å². The van der Waals surface area contributed by atoms with Gasteiger partial charge in [-0.25, -0.2) is 4.79 Å². The van der Waals surface area contributed by atoms with Crippen molar-refractivity contribution in [3.63, 3.8) is 0 Å². The number of aliphatic hydroxyl groups is 1. The van der Waals surface area contributed by atoms with Crippen LogP contribution in [0.3, 0.4) is 0 Å². The average molecular weight is 406 g/mol. The van der Waals surface area contributed by atoms with E-state index in [1.165, 1.54) is 0 Å². The number of nitrogens with one attached hydrogen (secondary N) is 2. The quantitative estimate of drug-likeness (QED) is 0.595. The number of aromatic nitrogens is 1. The van der Waals surface area contributed by atoms with Crippen LogP contribution in [0.15, 0.2) is 15.1 Å². The second kappa shape index (κ2) is 3.77. The molecule has 9 heteroatoms. The SMILES string of the molecule is O=C1N[C@H]2n3c(cc(Br)c3Br)C(=O)N3C[C@@H](O)C[C@]23N1. The van der Waals surface area contributed by atoms with Crippen molar-refractivity contribution < 1.29 is 14.7 Å². The second-order valence-corrected chi connectivity index (χ2v) is 6.84. The average Bonchev–Trinajstić information content (AvgIpc) is 2.96. The lowest BCUT2D eigenvalue weighted by Gasteiger charge is -2.43. The molecule has 4 heterocycles. The van der Waals surface area contributed by atoms with Gasteiger partial charge in [-0.15, -0.1) is 0 Å². The normalized spacial score (nSPS) is 34.5. The Labute approximate surface area is 130 Å². The van der Waals surface area contributed by atoms with Crippen LogP contribution in [0.4, 0.5) is 4.79 Å². The van der Waals surface area contributed by atoms with E-state index in [2.05, 4.69) is 42.5 Å². The Hall–Kier alpha value is -1.06. The molecule has 7 nitrogen and oxygen atoms in total. The van der Waals surface area contributed by atoms with Crippen molar-refractivity contribution in [1.29, 1.82) is 0 Å². The zero-order valence-corrected chi connectivity index (χ0v) is 13.2. The van der Waals surface area contributed by atoms with Crippen LogP contribution < -0.4 is 10.6 Å². The Morgan fingerprint density at radius 3 is 2.90 bits per heavy atom. The van der Waals surface area contributed by atoms with Gasteiger partial charge < -0.3 is 25.2 Å². The maximum absolute atomic E-state index is 12.6. The number of fused-ring (bicyclic) bond motifs is 2. The zero-order chi connectivity index (χ0) is 14.2. The number of nitrogens with zero attached hydrogens (tertiary/aromatic N) is 2. The monoisotopic (exact) mass is 404 g/mol. The molecular formula is C11H10Br2N4O3. The van der Waals surface area contributed by atoms with Gasteiger partial charge in [-0.05, 0) is 37.9 Å². The minimum Gasteiger partial charge on any atom is -0.391 e. The van der Waals surface area contributed by atoms with Crippen LogP contribution in [0.1, 0.15) is 23.1 Å². The number of hydrogen-bond donors (Lipinski definition) is 3. The van der Waals surface area contributed by atoms with E-state index in [1.54, 1.807) is 15.5 Å². The lowest BCUT2D eigenvalue weighted by molar-refractivity contribution is 0.0308. The lowest BCUT2D eigenvalue weighted by atomic mass is 10.0. The molecule has 0 aliphatic carbocycles. The molecule has 2 fully saturated rings. The van der Waals surface area contributed by atoms with Gasteiger partial charge in [0.05, 0.1) is 10.6 Å². The van der Waals surface area contributed by atoms with E-state index in [-0.39, 0.29) is 18.5 Å². The molecule has 106 valence electrons. The molecular weight excluding hydrogens is 396 g/mol. The van der Waals surface area contributed by atoms with E-state index in [0.717, 1.165) is 4.47 Å². The van der Waals surface area contributed by atoms with Crippen molar-refractivity contribution in [1.82, 2.24) is 20.1 Å². The highest BCUT2D eigenvalue weighted by molar-refractivity contribution is 9.13. The van der Waals surface area contributed by atoms with E-state index in [0.29, 0.717) is 16.7 Å². The van der Waals surface area contributed by atoms with Gasteiger partial charge in [-0.2, -0.15) is 0 Å². The van der Waals surface area contributed by atoms with E-state index in [4.69, 9.17) is 0 Å². The highest BCUT2D eigenvalue weighted by atomic mass is 79.9. The summed E-state index contributed by atoms with van der Waals surface area (Å²) >= 11 is 6.82. The number of carbonyl (C=O) groups excluding carboxylic acids is 2. The lowest BCUT2D eigenvalue weighted by Crippen LogP contribution is -2.62. The predicted octanol–water partition coefficient (Wildman–Crippen LogP) is 0.741. The summed E-state index contributed by atoms with van der Waals surface area (Å²) in [5.74, 6) is -0.201. The molecule has 2 saturated heterocycles. The first-order valence-corrected chi connectivity index (χ1v) is 7.67. The Morgan fingerprint density at radius 2 is 2.15 bits per heavy atom. The van der Waals surface area contributed by atoms with Crippen LogP contribution in [-0.4, -0.2) is 44.8 Å². The Bertz CT molecular complexity index is 660. The molecule has 0 aromatic carbocycles. The van der Waals surface area contributed by atoms with E-state index >= 15 is 0 Å². The molecule has 1 spiro atoms. The van der Waals surface area contributed by atoms with Crippen molar-refractivity contribution in [3.8, 4) is 0 Å². The van der Waals surface area contributed by atoms with Gasteiger partial charge in [-0.1, -0.05) is 0 Å². The molecule has 3 aliphatic rings. The molecule has 1 aromatic rings. The van der Waals surface area contributed by atoms with E-state index in [1.807, 2.05) is 0 Å². The summed E-state index contributed by atoms with van der Waals surface area (Å²) in [7, 11) is 0. The topological polar surface area (TPSA) is 86.6 Å². The van der Waals surface area contributed by atoms with Gasteiger partial charge in [0.25, 0.3) is 5.91 Å². The second-order valence-electron chi connectivity index (χ2n) is 5.24. The fraction of sp³-hybridized carbons (Fsp3) is 0.455. The van der Waals surface area contributed by atoms with Crippen molar-refractivity contribution in [2.24, 2.45) is 0 Å².